The first kappa shape index (κ1) is 17.1. The first-order valence-corrected chi connectivity index (χ1v) is 9.28. The van der Waals surface area contributed by atoms with Gasteiger partial charge in [-0.3, -0.25) is 9.69 Å². The van der Waals surface area contributed by atoms with E-state index < -0.39 is 0 Å². The lowest BCUT2D eigenvalue weighted by molar-refractivity contribution is -0.129. The molecular formula is C19H24FN5O. The summed E-state index contributed by atoms with van der Waals surface area (Å²) in [5.74, 6) is 1.83. The molecule has 6 nitrogen and oxygen atoms in total. The minimum absolute atomic E-state index is 0.0531. The first-order chi connectivity index (χ1) is 12.6. The third kappa shape index (κ3) is 3.35. The zero-order valence-corrected chi connectivity index (χ0v) is 15.1. The summed E-state index contributed by atoms with van der Waals surface area (Å²) in [6.07, 6.45) is 2.81. The van der Waals surface area contributed by atoms with E-state index in [1.807, 2.05) is 17.0 Å². The van der Waals surface area contributed by atoms with Gasteiger partial charge in [0, 0.05) is 46.1 Å². The number of likely N-dealkylation sites (tertiary alicyclic amines) is 1. The highest BCUT2D eigenvalue weighted by atomic mass is 19.1. The fraction of sp³-hybridized carbons (Fsp3) is 0.526. The summed E-state index contributed by atoms with van der Waals surface area (Å²) in [6, 6.07) is 6.76. The summed E-state index contributed by atoms with van der Waals surface area (Å²) < 4.78 is 15.3. The van der Waals surface area contributed by atoms with E-state index in [1.165, 1.54) is 12.1 Å². The number of halogens is 1. The molecule has 0 N–H and O–H groups in total. The smallest absolute Gasteiger partial charge is 0.220 e. The van der Waals surface area contributed by atoms with Gasteiger partial charge in [0.15, 0.2) is 5.82 Å². The van der Waals surface area contributed by atoms with Crippen LogP contribution in [0, 0.1) is 5.82 Å². The Bertz CT molecular complexity index is 788. The van der Waals surface area contributed by atoms with E-state index in [1.54, 1.807) is 6.92 Å². The van der Waals surface area contributed by atoms with E-state index in [9.17, 15) is 9.18 Å². The maximum atomic E-state index is 13.1. The molecule has 2 aliphatic rings. The molecule has 1 saturated heterocycles. The monoisotopic (exact) mass is 357 g/mol. The van der Waals surface area contributed by atoms with Crippen LogP contribution in [0.5, 0.6) is 0 Å². The molecule has 1 aromatic carbocycles. The molecule has 4 rings (SSSR count). The minimum Gasteiger partial charge on any atom is -0.333 e. The second kappa shape index (κ2) is 7.15. The molecule has 138 valence electrons. The van der Waals surface area contributed by atoms with E-state index in [0.717, 1.165) is 69.2 Å². The molecule has 0 saturated carbocycles. The number of fused-ring (bicyclic) bond motifs is 1. The average molecular weight is 357 g/mol. The zero-order valence-electron chi connectivity index (χ0n) is 15.1. The molecular weight excluding hydrogens is 333 g/mol. The molecule has 0 unspecified atom stereocenters. The lowest BCUT2D eigenvalue weighted by Gasteiger charge is -2.23. The molecule has 7 heteroatoms. The molecule has 0 spiro atoms. The number of rotatable bonds is 3. The van der Waals surface area contributed by atoms with Crippen molar-refractivity contribution in [2.75, 3.05) is 19.6 Å². The summed E-state index contributed by atoms with van der Waals surface area (Å²) in [6.45, 7) is 5.85. The van der Waals surface area contributed by atoms with Crippen molar-refractivity contribution in [1.29, 1.82) is 0 Å². The van der Waals surface area contributed by atoms with Crippen molar-refractivity contribution in [2.45, 2.75) is 45.3 Å². The predicted octanol–water partition coefficient (Wildman–Crippen LogP) is 2.16. The lowest BCUT2D eigenvalue weighted by Crippen LogP contribution is -2.31. The summed E-state index contributed by atoms with van der Waals surface area (Å²) in [4.78, 5) is 16.2. The van der Waals surface area contributed by atoms with Gasteiger partial charge in [-0.25, -0.2) is 4.39 Å². The van der Waals surface area contributed by atoms with Crippen LogP contribution < -0.4 is 0 Å². The second-order valence-electron chi connectivity index (χ2n) is 7.15. The van der Waals surface area contributed by atoms with Gasteiger partial charge >= 0.3 is 0 Å². The first-order valence-electron chi connectivity index (χ1n) is 9.28. The quantitative estimate of drug-likeness (QED) is 0.845. The number of carbonyl (C=O) groups excluding carboxylic acids is 1. The van der Waals surface area contributed by atoms with E-state index in [4.69, 9.17) is 0 Å². The maximum absolute atomic E-state index is 13.1. The topological polar surface area (TPSA) is 54.3 Å². The Hall–Kier alpha value is -2.28. The molecule has 2 aliphatic heterocycles. The molecule has 2 aromatic rings. The van der Waals surface area contributed by atoms with Crippen LogP contribution in [0.3, 0.4) is 0 Å². The lowest BCUT2D eigenvalue weighted by atomic mass is 10.2. The van der Waals surface area contributed by atoms with Gasteiger partial charge in [-0.1, -0.05) is 12.1 Å². The Morgan fingerprint density at radius 2 is 1.96 bits per heavy atom. The van der Waals surface area contributed by atoms with Gasteiger partial charge in [0.25, 0.3) is 0 Å². The van der Waals surface area contributed by atoms with Gasteiger partial charge in [-0.2, -0.15) is 0 Å². The highest BCUT2D eigenvalue weighted by molar-refractivity contribution is 5.74. The number of hydrogen-bond acceptors (Lipinski definition) is 4. The molecule has 0 radical (unpaired) electrons. The van der Waals surface area contributed by atoms with Gasteiger partial charge in [0.2, 0.25) is 5.91 Å². The molecule has 1 amide bonds. The average Bonchev–Trinajstić information content (AvgIpc) is 3.21. The summed E-state index contributed by atoms with van der Waals surface area (Å²) in [7, 11) is 0. The number of hydrogen-bond donors (Lipinski definition) is 0. The fourth-order valence-corrected chi connectivity index (χ4v) is 4.05. The molecule has 1 aromatic heterocycles. The van der Waals surface area contributed by atoms with E-state index in [0.29, 0.717) is 0 Å². The van der Waals surface area contributed by atoms with Crippen molar-refractivity contribution >= 4 is 5.91 Å². The van der Waals surface area contributed by atoms with Gasteiger partial charge < -0.3 is 9.47 Å². The van der Waals surface area contributed by atoms with E-state index in [2.05, 4.69) is 19.7 Å². The molecule has 3 heterocycles. The highest BCUT2D eigenvalue weighted by Crippen LogP contribution is 2.31. The number of carbonyl (C=O) groups is 1. The molecule has 0 bridgehead atoms. The Morgan fingerprint density at radius 3 is 2.73 bits per heavy atom. The highest BCUT2D eigenvalue weighted by Gasteiger charge is 2.33. The van der Waals surface area contributed by atoms with Crippen LogP contribution >= 0.6 is 0 Å². The number of benzene rings is 1. The van der Waals surface area contributed by atoms with Crippen molar-refractivity contribution in [3.8, 4) is 0 Å². The second-order valence-corrected chi connectivity index (χ2v) is 7.15. The van der Waals surface area contributed by atoms with Crippen LogP contribution in [0.4, 0.5) is 4.39 Å². The van der Waals surface area contributed by atoms with Crippen LogP contribution in [0.25, 0.3) is 0 Å². The number of nitrogens with zero attached hydrogens (tertiary/aromatic N) is 5. The van der Waals surface area contributed by atoms with Crippen molar-refractivity contribution < 1.29 is 9.18 Å². The Kier molecular flexibility index (Phi) is 4.72. The van der Waals surface area contributed by atoms with Crippen LogP contribution in [-0.2, 0) is 24.3 Å². The Balaban J connectivity index is 1.48. The van der Waals surface area contributed by atoms with Crippen LogP contribution in [0.2, 0.25) is 0 Å². The number of aromatic nitrogens is 3. The summed E-state index contributed by atoms with van der Waals surface area (Å²) in [5, 5.41) is 8.84. The van der Waals surface area contributed by atoms with Gasteiger partial charge in [-0.15, -0.1) is 10.2 Å². The molecule has 0 aliphatic carbocycles. The van der Waals surface area contributed by atoms with Crippen LogP contribution in [-0.4, -0.2) is 50.1 Å². The zero-order chi connectivity index (χ0) is 18.1. The van der Waals surface area contributed by atoms with E-state index in [-0.39, 0.29) is 17.8 Å². The molecule has 1 fully saturated rings. The minimum atomic E-state index is -0.202. The molecule has 26 heavy (non-hydrogen) atoms. The van der Waals surface area contributed by atoms with Crippen LogP contribution in [0.1, 0.15) is 43.0 Å². The molecule has 1 atom stereocenters. The summed E-state index contributed by atoms with van der Waals surface area (Å²) in [5.41, 5.74) is 1.11. The SMILES string of the molecule is CC(=O)N1CCC[C@@H]1c1nnc2n1CCN(Cc1ccc(F)cc1)CC2. The van der Waals surface area contributed by atoms with Crippen molar-refractivity contribution in [3.63, 3.8) is 0 Å². The maximum Gasteiger partial charge on any atom is 0.220 e. The number of amides is 1. The predicted molar refractivity (Wildman–Crippen MR) is 94.8 cm³/mol. The van der Waals surface area contributed by atoms with Crippen molar-refractivity contribution in [3.05, 3.63) is 47.3 Å². The van der Waals surface area contributed by atoms with Crippen molar-refractivity contribution in [1.82, 2.24) is 24.6 Å². The van der Waals surface area contributed by atoms with Crippen molar-refractivity contribution in [2.24, 2.45) is 0 Å². The van der Waals surface area contributed by atoms with Gasteiger partial charge in [-0.05, 0) is 30.5 Å². The van der Waals surface area contributed by atoms with E-state index >= 15 is 0 Å². The third-order valence-corrected chi connectivity index (χ3v) is 5.42. The normalized spacial score (nSPS) is 20.8. The standard InChI is InChI=1S/C19H24FN5O/c1-14(26)24-9-2-3-17(24)19-22-21-18-8-10-23(11-12-25(18)19)13-15-4-6-16(20)7-5-15/h4-7,17H,2-3,8-13H2,1H3/t17-/m1/s1. The van der Waals surface area contributed by atoms with Crippen LogP contribution in [0.15, 0.2) is 24.3 Å². The van der Waals surface area contributed by atoms with Gasteiger partial charge in [0.1, 0.15) is 11.6 Å². The largest absolute Gasteiger partial charge is 0.333 e. The fourth-order valence-electron chi connectivity index (χ4n) is 4.05. The Labute approximate surface area is 152 Å². The summed E-state index contributed by atoms with van der Waals surface area (Å²) >= 11 is 0. The van der Waals surface area contributed by atoms with Gasteiger partial charge in [0.05, 0.1) is 6.04 Å². The Morgan fingerprint density at radius 1 is 1.15 bits per heavy atom. The third-order valence-electron chi connectivity index (χ3n) is 5.42.